The SMILES string of the molecule is CSc1cc(C)[nH]c(=O)c1CNC(=O)c1c(C)n(CC2CCC(NC3(C)COC3)CC2)c2ccccc12. The van der Waals surface area contributed by atoms with Crippen LogP contribution in [0.25, 0.3) is 10.9 Å². The van der Waals surface area contributed by atoms with E-state index in [0.29, 0.717) is 23.1 Å². The maximum atomic E-state index is 13.5. The van der Waals surface area contributed by atoms with Crippen LogP contribution in [0.3, 0.4) is 0 Å². The van der Waals surface area contributed by atoms with E-state index >= 15 is 0 Å². The number of nitrogens with zero attached hydrogens (tertiary/aromatic N) is 1. The molecule has 8 heteroatoms. The summed E-state index contributed by atoms with van der Waals surface area (Å²) < 4.78 is 7.73. The molecule has 0 spiro atoms. The van der Waals surface area contributed by atoms with E-state index in [9.17, 15) is 9.59 Å². The lowest BCUT2D eigenvalue weighted by Crippen LogP contribution is -2.61. The molecule has 0 bridgehead atoms. The molecule has 2 aromatic heterocycles. The fourth-order valence-electron chi connectivity index (χ4n) is 5.98. The molecule has 7 nitrogen and oxygen atoms in total. The lowest BCUT2D eigenvalue weighted by atomic mass is 9.84. The van der Waals surface area contributed by atoms with E-state index in [0.717, 1.165) is 46.9 Å². The van der Waals surface area contributed by atoms with Gasteiger partial charge in [0.2, 0.25) is 0 Å². The van der Waals surface area contributed by atoms with E-state index in [1.807, 2.05) is 44.4 Å². The first-order chi connectivity index (χ1) is 17.8. The third-order valence-electron chi connectivity index (χ3n) is 8.01. The van der Waals surface area contributed by atoms with Crippen LogP contribution in [0.5, 0.6) is 0 Å². The van der Waals surface area contributed by atoms with Crippen LogP contribution < -0.4 is 16.2 Å². The number of para-hydroxylation sites is 1. The molecule has 1 aliphatic carbocycles. The number of H-pyrrole nitrogens is 1. The molecule has 37 heavy (non-hydrogen) atoms. The number of fused-ring (bicyclic) bond motifs is 1. The summed E-state index contributed by atoms with van der Waals surface area (Å²) in [5, 5.41) is 7.81. The van der Waals surface area contributed by atoms with E-state index in [1.54, 1.807) is 0 Å². The van der Waals surface area contributed by atoms with Crippen molar-refractivity contribution in [2.24, 2.45) is 5.92 Å². The smallest absolute Gasteiger partial charge is 0.254 e. The van der Waals surface area contributed by atoms with Crippen molar-refractivity contribution in [3.63, 3.8) is 0 Å². The number of rotatable bonds is 8. The first kappa shape index (κ1) is 26.1. The van der Waals surface area contributed by atoms with Crippen LogP contribution in [-0.2, 0) is 17.8 Å². The Hall–Kier alpha value is -2.55. The van der Waals surface area contributed by atoms with Crippen LogP contribution in [0.2, 0.25) is 0 Å². The number of aromatic nitrogens is 2. The number of nitrogens with one attached hydrogen (secondary N) is 3. The average molecular weight is 523 g/mol. The zero-order chi connectivity index (χ0) is 26.2. The summed E-state index contributed by atoms with van der Waals surface area (Å²) in [6, 6.07) is 10.7. The number of carbonyl (C=O) groups excluding carboxylic acids is 1. The van der Waals surface area contributed by atoms with Crippen LogP contribution in [0, 0.1) is 19.8 Å². The van der Waals surface area contributed by atoms with Crippen molar-refractivity contribution in [2.45, 2.75) is 76.0 Å². The average Bonchev–Trinajstić information content (AvgIpc) is 3.14. The van der Waals surface area contributed by atoms with Crippen molar-refractivity contribution in [3.05, 3.63) is 63.2 Å². The van der Waals surface area contributed by atoms with Gasteiger partial charge in [-0.05, 0) is 70.8 Å². The lowest BCUT2D eigenvalue weighted by Gasteiger charge is -2.43. The van der Waals surface area contributed by atoms with Crippen molar-refractivity contribution in [2.75, 3.05) is 19.5 Å². The van der Waals surface area contributed by atoms with Gasteiger partial charge in [0.15, 0.2) is 0 Å². The number of pyridine rings is 1. The molecule has 0 radical (unpaired) electrons. The Morgan fingerprint density at radius 3 is 2.59 bits per heavy atom. The molecule has 1 saturated heterocycles. The Labute approximate surface area is 222 Å². The monoisotopic (exact) mass is 522 g/mol. The number of carbonyl (C=O) groups is 1. The fraction of sp³-hybridized carbons (Fsp3) is 0.517. The second-order valence-corrected chi connectivity index (χ2v) is 11.9. The Morgan fingerprint density at radius 1 is 1.19 bits per heavy atom. The molecule has 198 valence electrons. The number of aryl methyl sites for hydroxylation is 1. The van der Waals surface area contributed by atoms with Crippen molar-refractivity contribution in [3.8, 4) is 0 Å². The molecular formula is C29H38N4O3S. The minimum Gasteiger partial charge on any atom is -0.377 e. The van der Waals surface area contributed by atoms with Crippen molar-refractivity contribution in [1.29, 1.82) is 0 Å². The zero-order valence-electron chi connectivity index (χ0n) is 22.3. The second kappa shape index (κ2) is 10.7. The van der Waals surface area contributed by atoms with Crippen LogP contribution in [-0.4, -0.2) is 46.5 Å². The van der Waals surface area contributed by atoms with E-state index in [2.05, 4.69) is 33.2 Å². The summed E-state index contributed by atoms with van der Waals surface area (Å²) in [4.78, 5) is 29.8. The van der Waals surface area contributed by atoms with Gasteiger partial charge in [0.25, 0.3) is 11.5 Å². The standard InChI is InChI=1S/C29H38N4O3S/c1-18-13-25(37-4)23(27(34)31-18)14-30-28(35)26-19(2)33(24-8-6-5-7-22(24)26)15-20-9-11-21(12-10-20)32-29(3)16-36-17-29/h5-8,13,20-21,32H,9-12,14-17H2,1-4H3,(H,30,35)(H,31,34). The molecule has 2 fully saturated rings. The molecule has 1 amide bonds. The predicted molar refractivity (Wildman–Crippen MR) is 150 cm³/mol. The first-order valence-corrected chi connectivity index (χ1v) is 14.5. The van der Waals surface area contributed by atoms with Gasteiger partial charge in [0.1, 0.15) is 0 Å². The third kappa shape index (κ3) is 5.38. The number of aromatic amines is 1. The molecule has 2 aliphatic rings. The Morgan fingerprint density at radius 2 is 1.92 bits per heavy atom. The second-order valence-electron chi connectivity index (χ2n) is 11.0. The summed E-state index contributed by atoms with van der Waals surface area (Å²) in [6.07, 6.45) is 6.65. The number of ether oxygens (including phenoxy) is 1. The number of benzene rings is 1. The van der Waals surface area contributed by atoms with Gasteiger partial charge in [0, 0.05) is 51.9 Å². The quantitative estimate of drug-likeness (QED) is 0.378. The van der Waals surface area contributed by atoms with E-state index in [4.69, 9.17) is 4.74 Å². The van der Waals surface area contributed by atoms with Gasteiger partial charge in [-0.3, -0.25) is 9.59 Å². The van der Waals surface area contributed by atoms with Gasteiger partial charge >= 0.3 is 0 Å². The molecule has 1 aromatic carbocycles. The highest BCUT2D eigenvalue weighted by atomic mass is 32.2. The van der Waals surface area contributed by atoms with Crippen LogP contribution in [0.15, 0.2) is 40.0 Å². The number of hydrogen-bond acceptors (Lipinski definition) is 5. The predicted octanol–water partition coefficient (Wildman–Crippen LogP) is 4.54. The van der Waals surface area contributed by atoms with Gasteiger partial charge in [-0.25, -0.2) is 0 Å². The van der Waals surface area contributed by atoms with Crippen molar-refractivity contribution >= 4 is 28.6 Å². The maximum Gasteiger partial charge on any atom is 0.254 e. The zero-order valence-corrected chi connectivity index (χ0v) is 23.1. The molecule has 0 unspecified atom stereocenters. The summed E-state index contributed by atoms with van der Waals surface area (Å²) >= 11 is 1.52. The number of amides is 1. The molecular weight excluding hydrogens is 484 g/mol. The summed E-state index contributed by atoms with van der Waals surface area (Å²) in [5.74, 6) is 0.451. The largest absolute Gasteiger partial charge is 0.377 e. The van der Waals surface area contributed by atoms with Crippen molar-refractivity contribution < 1.29 is 9.53 Å². The minimum absolute atomic E-state index is 0.136. The highest BCUT2D eigenvalue weighted by molar-refractivity contribution is 7.98. The Balaban J connectivity index is 1.31. The molecule has 3 aromatic rings. The van der Waals surface area contributed by atoms with Gasteiger partial charge in [-0.1, -0.05) is 18.2 Å². The third-order valence-corrected chi connectivity index (χ3v) is 8.82. The van der Waals surface area contributed by atoms with Gasteiger partial charge in [-0.2, -0.15) is 0 Å². The normalized spacial score (nSPS) is 21.1. The maximum absolute atomic E-state index is 13.5. The van der Waals surface area contributed by atoms with Gasteiger partial charge < -0.3 is 24.9 Å². The summed E-state index contributed by atoms with van der Waals surface area (Å²) in [7, 11) is 0. The fourth-order valence-corrected chi connectivity index (χ4v) is 6.68. The van der Waals surface area contributed by atoms with Crippen LogP contribution >= 0.6 is 11.8 Å². The summed E-state index contributed by atoms with van der Waals surface area (Å²) in [6.45, 7) is 8.90. The highest BCUT2D eigenvalue weighted by Crippen LogP contribution is 2.32. The van der Waals surface area contributed by atoms with Gasteiger partial charge in [0.05, 0.1) is 24.3 Å². The molecule has 1 saturated carbocycles. The number of thioether (sulfide) groups is 1. The Bertz CT molecular complexity index is 1350. The highest BCUT2D eigenvalue weighted by Gasteiger charge is 2.36. The number of hydrogen-bond donors (Lipinski definition) is 3. The molecule has 5 rings (SSSR count). The van der Waals surface area contributed by atoms with E-state index < -0.39 is 0 Å². The van der Waals surface area contributed by atoms with E-state index in [1.165, 1.54) is 37.4 Å². The minimum atomic E-state index is -0.146. The first-order valence-electron chi connectivity index (χ1n) is 13.3. The summed E-state index contributed by atoms with van der Waals surface area (Å²) in [5.41, 5.74) is 4.21. The molecule has 0 atom stereocenters. The molecule has 3 N–H and O–H groups in total. The lowest BCUT2D eigenvalue weighted by molar-refractivity contribution is -0.0717. The Kier molecular flexibility index (Phi) is 7.52. The van der Waals surface area contributed by atoms with Crippen LogP contribution in [0.4, 0.5) is 0 Å². The topological polar surface area (TPSA) is 88.2 Å². The van der Waals surface area contributed by atoms with E-state index in [-0.39, 0.29) is 23.6 Å². The van der Waals surface area contributed by atoms with Crippen molar-refractivity contribution in [1.82, 2.24) is 20.2 Å². The van der Waals surface area contributed by atoms with Gasteiger partial charge in [-0.15, -0.1) is 11.8 Å². The van der Waals surface area contributed by atoms with Crippen LogP contribution in [0.1, 0.15) is 59.9 Å². The molecule has 1 aliphatic heterocycles. The molecule has 3 heterocycles.